The van der Waals surface area contributed by atoms with Crippen molar-refractivity contribution in [2.45, 2.75) is 27.3 Å². The lowest BCUT2D eigenvalue weighted by atomic mass is 10.1. The van der Waals surface area contributed by atoms with Gasteiger partial charge < -0.3 is 19.1 Å². The van der Waals surface area contributed by atoms with Gasteiger partial charge in [-0.15, -0.1) is 0 Å². The number of aryl methyl sites for hydroxylation is 3. The zero-order valence-corrected chi connectivity index (χ0v) is 17.4. The Labute approximate surface area is 172 Å². The van der Waals surface area contributed by atoms with Gasteiger partial charge in [-0.2, -0.15) is 0 Å². The van der Waals surface area contributed by atoms with E-state index >= 15 is 0 Å². The van der Waals surface area contributed by atoms with E-state index in [0.29, 0.717) is 6.79 Å². The summed E-state index contributed by atoms with van der Waals surface area (Å²) in [6, 6.07) is 10.2. The summed E-state index contributed by atoms with van der Waals surface area (Å²) in [6.45, 7) is 10.5. The summed E-state index contributed by atoms with van der Waals surface area (Å²) in [6.07, 6.45) is 0. The standard InChI is InChI=1S/C23H28N2O4/c1-16-10-18(3)21(11-17(16)2)27-14-23(26)25-8-6-24(7-9-25)13-19-4-5-20-22(12-19)29-15-28-20/h4-5,10-12H,6-9,13-15H2,1-3H3. The first-order valence-electron chi connectivity index (χ1n) is 10.1. The minimum absolute atomic E-state index is 0.0466. The van der Waals surface area contributed by atoms with Crippen LogP contribution in [0.25, 0.3) is 0 Å². The van der Waals surface area contributed by atoms with E-state index in [-0.39, 0.29) is 12.5 Å². The Bertz CT molecular complexity index is 904. The van der Waals surface area contributed by atoms with Crippen molar-refractivity contribution in [3.05, 3.63) is 52.6 Å². The average molecular weight is 396 g/mol. The molecule has 0 N–H and O–H groups in total. The molecule has 1 amide bonds. The molecule has 0 unspecified atom stereocenters. The topological polar surface area (TPSA) is 51.2 Å². The molecule has 29 heavy (non-hydrogen) atoms. The van der Waals surface area contributed by atoms with Gasteiger partial charge in [-0.1, -0.05) is 12.1 Å². The second-order valence-electron chi connectivity index (χ2n) is 7.84. The lowest BCUT2D eigenvalue weighted by Gasteiger charge is -2.34. The number of amides is 1. The van der Waals surface area contributed by atoms with E-state index in [4.69, 9.17) is 14.2 Å². The van der Waals surface area contributed by atoms with Crippen LogP contribution in [-0.2, 0) is 11.3 Å². The molecular weight excluding hydrogens is 368 g/mol. The number of hydrogen-bond acceptors (Lipinski definition) is 5. The van der Waals surface area contributed by atoms with Crippen molar-refractivity contribution in [3.8, 4) is 17.2 Å². The van der Waals surface area contributed by atoms with Crippen LogP contribution in [0.5, 0.6) is 17.2 Å². The number of carbonyl (C=O) groups excluding carboxylic acids is 1. The Kier molecular flexibility index (Phi) is 5.62. The number of fused-ring (bicyclic) bond motifs is 1. The molecule has 2 aliphatic heterocycles. The van der Waals surface area contributed by atoms with Crippen molar-refractivity contribution in [2.24, 2.45) is 0 Å². The lowest BCUT2D eigenvalue weighted by molar-refractivity contribution is -0.135. The van der Waals surface area contributed by atoms with E-state index in [1.807, 2.05) is 30.0 Å². The Morgan fingerprint density at radius 1 is 0.931 bits per heavy atom. The maximum absolute atomic E-state index is 12.6. The molecule has 6 heteroatoms. The van der Waals surface area contributed by atoms with Crippen molar-refractivity contribution >= 4 is 5.91 Å². The second-order valence-corrected chi connectivity index (χ2v) is 7.84. The highest BCUT2D eigenvalue weighted by Crippen LogP contribution is 2.32. The molecule has 0 aliphatic carbocycles. The number of nitrogens with zero attached hydrogens (tertiary/aromatic N) is 2. The number of piperazine rings is 1. The van der Waals surface area contributed by atoms with Crippen molar-refractivity contribution < 1.29 is 19.0 Å². The van der Waals surface area contributed by atoms with E-state index in [9.17, 15) is 4.79 Å². The molecule has 6 nitrogen and oxygen atoms in total. The van der Waals surface area contributed by atoms with Gasteiger partial charge in [0.25, 0.3) is 5.91 Å². The van der Waals surface area contributed by atoms with Crippen LogP contribution in [0.4, 0.5) is 0 Å². The molecule has 2 aromatic carbocycles. The van der Waals surface area contributed by atoms with Crippen LogP contribution in [0, 0.1) is 20.8 Å². The molecule has 2 aromatic rings. The Morgan fingerprint density at radius 2 is 1.66 bits per heavy atom. The molecule has 1 saturated heterocycles. The van der Waals surface area contributed by atoms with Gasteiger partial charge in [0, 0.05) is 32.7 Å². The lowest BCUT2D eigenvalue weighted by Crippen LogP contribution is -2.49. The summed E-state index contributed by atoms with van der Waals surface area (Å²) in [7, 11) is 0. The monoisotopic (exact) mass is 396 g/mol. The Morgan fingerprint density at radius 3 is 2.45 bits per heavy atom. The Balaban J connectivity index is 1.26. The third kappa shape index (κ3) is 4.48. The van der Waals surface area contributed by atoms with Crippen LogP contribution in [-0.4, -0.2) is 55.3 Å². The molecule has 0 atom stereocenters. The van der Waals surface area contributed by atoms with Crippen LogP contribution in [0.2, 0.25) is 0 Å². The molecule has 4 rings (SSSR count). The highest BCUT2D eigenvalue weighted by Gasteiger charge is 2.22. The van der Waals surface area contributed by atoms with Gasteiger partial charge in [0.05, 0.1) is 0 Å². The van der Waals surface area contributed by atoms with Crippen LogP contribution < -0.4 is 14.2 Å². The van der Waals surface area contributed by atoms with E-state index < -0.39 is 0 Å². The molecule has 0 spiro atoms. The fraction of sp³-hybridized carbons (Fsp3) is 0.435. The van der Waals surface area contributed by atoms with Crippen molar-refractivity contribution in [3.63, 3.8) is 0 Å². The smallest absolute Gasteiger partial charge is 0.260 e. The maximum atomic E-state index is 12.6. The molecule has 2 aliphatic rings. The van der Waals surface area contributed by atoms with Gasteiger partial charge in [-0.25, -0.2) is 0 Å². The largest absolute Gasteiger partial charge is 0.483 e. The summed E-state index contributed by atoms with van der Waals surface area (Å²) in [4.78, 5) is 16.8. The minimum Gasteiger partial charge on any atom is -0.483 e. The highest BCUT2D eigenvalue weighted by atomic mass is 16.7. The van der Waals surface area contributed by atoms with E-state index in [1.165, 1.54) is 16.7 Å². The number of benzene rings is 2. The number of rotatable bonds is 5. The maximum Gasteiger partial charge on any atom is 0.260 e. The molecule has 0 aromatic heterocycles. The normalized spacial score (nSPS) is 16.2. The van der Waals surface area contributed by atoms with Crippen LogP contribution in [0.3, 0.4) is 0 Å². The first kappa shape index (κ1) is 19.6. The fourth-order valence-electron chi connectivity index (χ4n) is 3.77. The van der Waals surface area contributed by atoms with E-state index in [1.54, 1.807) is 0 Å². The van der Waals surface area contributed by atoms with Gasteiger partial charge >= 0.3 is 0 Å². The van der Waals surface area contributed by atoms with Crippen molar-refractivity contribution in [1.82, 2.24) is 9.80 Å². The highest BCUT2D eigenvalue weighted by molar-refractivity contribution is 5.78. The number of hydrogen-bond donors (Lipinski definition) is 0. The quantitative estimate of drug-likeness (QED) is 0.778. The van der Waals surface area contributed by atoms with Gasteiger partial charge in [0.1, 0.15) is 5.75 Å². The third-order valence-corrected chi connectivity index (χ3v) is 5.71. The van der Waals surface area contributed by atoms with E-state index in [0.717, 1.165) is 55.5 Å². The zero-order valence-electron chi connectivity index (χ0n) is 17.4. The molecule has 2 heterocycles. The van der Waals surface area contributed by atoms with Gasteiger partial charge in [-0.3, -0.25) is 9.69 Å². The summed E-state index contributed by atoms with van der Waals surface area (Å²) >= 11 is 0. The van der Waals surface area contributed by atoms with Gasteiger partial charge in [-0.05, 0) is 61.2 Å². The molecule has 0 bridgehead atoms. The van der Waals surface area contributed by atoms with Crippen LogP contribution in [0.1, 0.15) is 22.3 Å². The summed E-state index contributed by atoms with van der Waals surface area (Å²) in [5.74, 6) is 2.46. The summed E-state index contributed by atoms with van der Waals surface area (Å²) < 4.78 is 16.6. The molecule has 1 fully saturated rings. The average Bonchev–Trinajstić information content (AvgIpc) is 3.18. The SMILES string of the molecule is Cc1cc(C)c(OCC(=O)N2CCN(Cc3ccc4c(c3)OCO4)CC2)cc1C. The summed E-state index contributed by atoms with van der Waals surface area (Å²) in [5, 5.41) is 0. The van der Waals surface area contributed by atoms with Crippen molar-refractivity contribution in [2.75, 3.05) is 39.6 Å². The first-order chi connectivity index (χ1) is 14.0. The minimum atomic E-state index is 0.0466. The number of carbonyl (C=O) groups is 1. The predicted molar refractivity (Wildman–Crippen MR) is 111 cm³/mol. The van der Waals surface area contributed by atoms with Crippen LogP contribution >= 0.6 is 0 Å². The van der Waals surface area contributed by atoms with Gasteiger partial charge in [0.2, 0.25) is 6.79 Å². The van der Waals surface area contributed by atoms with Crippen LogP contribution in [0.15, 0.2) is 30.3 Å². The first-order valence-corrected chi connectivity index (χ1v) is 10.1. The Hall–Kier alpha value is -2.73. The fourth-order valence-corrected chi connectivity index (χ4v) is 3.77. The molecular formula is C23H28N2O4. The summed E-state index contributed by atoms with van der Waals surface area (Å²) in [5.41, 5.74) is 4.67. The zero-order chi connectivity index (χ0) is 20.4. The predicted octanol–water partition coefficient (Wildman–Crippen LogP) is 3.06. The molecule has 154 valence electrons. The second kappa shape index (κ2) is 8.33. The number of ether oxygens (including phenoxy) is 3. The molecule has 0 saturated carbocycles. The molecule has 0 radical (unpaired) electrons. The third-order valence-electron chi connectivity index (χ3n) is 5.71. The van der Waals surface area contributed by atoms with Crippen molar-refractivity contribution in [1.29, 1.82) is 0 Å². The van der Waals surface area contributed by atoms with Gasteiger partial charge in [0.15, 0.2) is 18.1 Å². The van der Waals surface area contributed by atoms with E-state index in [2.05, 4.69) is 30.9 Å².